The molecule has 1 amide bonds. The number of carbonyl (C=O) groups excluding carboxylic acids is 1. The summed E-state index contributed by atoms with van der Waals surface area (Å²) in [4.78, 5) is 26.3. The lowest BCUT2D eigenvalue weighted by atomic mass is 10.3. The molecular weight excluding hydrogens is 383 g/mol. The number of hydrogen-bond donors (Lipinski definition) is 0. The fraction of sp³-hybridized carbons (Fsp3) is 0.588. The van der Waals surface area contributed by atoms with E-state index >= 15 is 0 Å². The van der Waals surface area contributed by atoms with Crippen LogP contribution in [0.25, 0.3) is 0 Å². The Labute approximate surface area is 159 Å². The van der Waals surface area contributed by atoms with Crippen molar-refractivity contribution in [2.24, 2.45) is 0 Å². The third-order valence-corrected chi connectivity index (χ3v) is 4.17. The molecule has 1 saturated heterocycles. The molecule has 1 aliphatic rings. The molecule has 0 spiro atoms. The Morgan fingerprint density at radius 2 is 1.86 bits per heavy atom. The molecule has 1 aliphatic heterocycles. The van der Waals surface area contributed by atoms with Crippen molar-refractivity contribution in [1.82, 2.24) is 9.80 Å². The minimum absolute atomic E-state index is 0.0301. The highest BCUT2D eigenvalue weighted by atomic mass is 19.4. The number of piperazine rings is 1. The molecule has 1 aromatic rings. The number of carbonyl (C=O) groups is 1. The number of hydrogen-bond acceptors (Lipinski definition) is 6. The zero-order chi connectivity index (χ0) is 20.6. The van der Waals surface area contributed by atoms with Crippen molar-refractivity contribution in [3.05, 3.63) is 34.4 Å². The van der Waals surface area contributed by atoms with Crippen LogP contribution in [0.1, 0.15) is 6.42 Å². The average molecular weight is 405 g/mol. The van der Waals surface area contributed by atoms with Gasteiger partial charge in [-0.25, -0.2) is 0 Å². The fourth-order valence-corrected chi connectivity index (χ4v) is 2.76. The molecule has 2 rings (SSSR count). The number of benzene rings is 1. The fourth-order valence-electron chi connectivity index (χ4n) is 2.76. The average Bonchev–Trinajstić information content (AvgIpc) is 2.65. The summed E-state index contributed by atoms with van der Waals surface area (Å²) in [6.07, 6.45) is -3.83. The first-order valence-corrected chi connectivity index (χ1v) is 8.77. The van der Waals surface area contributed by atoms with Crippen LogP contribution < -0.4 is 4.74 Å². The van der Waals surface area contributed by atoms with Gasteiger partial charge in [0, 0.05) is 45.4 Å². The number of ether oxygens (including phenoxy) is 2. The summed E-state index contributed by atoms with van der Waals surface area (Å²) < 4.78 is 45.8. The summed E-state index contributed by atoms with van der Waals surface area (Å²) in [5.41, 5.74) is -0.201. The first-order valence-electron chi connectivity index (χ1n) is 8.77. The van der Waals surface area contributed by atoms with Gasteiger partial charge in [-0.2, -0.15) is 13.2 Å². The summed E-state index contributed by atoms with van der Waals surface area (Å²) in [7, 11) is 0. The minimum Gasteiger partial charge on any atom is -0.477 e. The number of nitro benzene ring substituents is 1. The van der Waals surface area contributed by atoms with E-state index in [1.54, 1.807) is 11.0 Å². The monoisotopic (exact) mass is 405 g/mol. The van der Waals surface area contributed by atoms with Crippen LogP contribution in [0.3, 0.4) is 0 Å². The van der Waals surface area contributed by atoms with E-state index in [9.17, 15) is 28.1 Å². The molecule has 1 heterocycles. The van der Waals surface area contributed by atoms with Gasteiger partial charge < -0.3 is 14.4 Å². The maximum atomic E-state index is 12.2. The van der Waals surface area contributed by atoms with E-state index in [1.165, 1.54) is 18.2 Å². The van der Waals surface area contributed by atoms with Gasteiger partial charge in [0.25, 0.3) is 5.91 Å². The van der Waals surface area contributed by atoms with Crippen LogP contribution in [0.4, 0.5) is 18.9 Å². The highest BCUT2D eigenvalue weighted by Gasteiger charge is 2.27. The van der Waals surface area contributed by atoms with E-state index in [2.05, 4.69) is 4.74 Å². The molecule has 0 aliphatic carbocycles. The van der Waals surface area contributed by atoms with Gasteiger partial charge in [-0.15, -0.1) is 0 Å². The highest BCUT2D eigenvalue weighted by molar-refractivity contribution is 5.78. The van der Waals surface area contributed by atoms with Crippen LogP contribution in [0, 0.1) is 10.1 Å². The highest BCUT2D eigenvalue weighted by Crippen LogP contribution is 2.25. The Hall–Kier alpha value is -2.40. The molecule has 0 unspecified atom stereocenters. The third kappa shape index (κ3) is 7.31. The molecule has 28 heavy (non-hydrogen) atoms. The van der Waals surface area contributed by atoms with Crippen molar-refractivity contribution < 1.29 is 32.4 Å². The number of amides is 1. The topological polar surface area (TPSA) is 85.1 Å². The molecular formula is C17H22F3N3O5. The number of nitro groups is 1. The molecule has 8 nitrogen and oxygen atoms in total. The second kappa shape index (κ2) is 10.2. The maximum absolute atomic E-state index is 12.2. The van der Waals surface area contributed by atoms with Gasteiger partial charge in [0.2, 0.25) is 0 Å². The van der Waals surface area contributed by atoms with Crippen molar-refractivity contribution in [2.75, 3.05) is 52.5 Å². The molecule has 11 heteroatoms. The van der Waals surface area contributed by atoms with Crippen molar-refractivity contribution in [1.29, 1.82) is 0 Å². The predicted molar refractivity (Wildman–Crippen MR) is 93.1 cm³/mol. The molecule has 0 radical (unpaired) electrons. The Morgan fingerprint density at radius 3 is 2.50 bits per heavy atom. The van der Waals surface area contributed by atoms with Crippen molar-refractivity contribution in [3.8, 4) is 5.75 Å². The van der Waals surface area contributed by atoms with Gasteiger partial charge in [0.1, 0.15) is 6.61 Å². The van der Waals surface area contributed by atoms with Crippen LogP contribution in [-0.2, 0) is 9.53 Å². The molecule has 1 fully saturated rings. The Morgan fingerprint density at radius 1 is 1.18 bits per heavy atom. The van der Waals surface area contributed by atoms with Crippen LogP contribution in [0.2, 0.25) is 0 Å². The zero-order valence-corrected chi connectivity index (χ0v) is 15.2. The van der Waals surface area contributed by atoms with Crippen LogP contribution in [-0.4, -0.2) is 79.4 Å². The Balaban J connectivity index is 1.66. The predicted octanol–water partition coefficient (Wildman–Crippen LogP) is 2.09. The summed E-state index contributed by atoms with van der Waals surface area (Å²) in [6, 6.07) is 5.84. The number of rotatable bonds is 9. The first-order chi connectivity index (χ1) is 13.3. The maximum Gasteiger partial charge on any atom is 0.411 e. The number of alkyl halides is 3. The number of nitrogens with zero attached hydrogens (tertiary/aromatic N) is 3. The van der Waals surface area contributed by atoms with E-state index in [1.807, 2.05) is 4.90 Å². The SMILES string of the molecule is O=C(COc1ccccc1[N+](=O)[O-])N1CCN(CCCOCC(F)(F)F)CC1. The largest absolute Gasteiger partial charge is 0.477 e. The van der Waals surface area contributed by atoms with Gasteiger partial charge in [0.05, 0.1) is 4.92 Å². The van der Waals surface area contributed by atoms with E-state index in [4.69, 9.17) is 4.74 Å². The van der Waals surface area contributed by atoms with E-state index in [-0.39, 0.29) is 30.6 Å². The summed E-state index contributed by atoms with van der Waals surface area (Å²) >= 11 is 0. The summed E-state index contributed by atoms with van der Waals surface area (Å²) in [5, 5.41) is 10.9. The van der Waals surface area contributed by atoms with E-state index in [0.29, 0.717) is 39.1 Å². The standard InChI is InChI=1S/C17H22F3N3O5/c18-17(19,20)13-27-11-3-6-21-7-9-22(10-8-21)16(24)12-28-15-5-2-1-4-14(15)23(25)26/h1-2,4-5H,3,6-13H2. The quantitative estimate of drug-likeness (QED) is 0.355. The lowest BCUT2D eigenvalue weighted by Crippen LogP contribution is -2.50. The summed E-state index contributed by atoms with van der Waals surface area (Å²) in [5.74, 6) is -0.232. The second-order valence-electron chi connectivity index (χ2n) is 6.26. The van der Waals surface area contributed by atoms with Crippen molar-refractivity contribution >= 4 is 11.6 Å². The van der Waals surface area contributed by atoms with Crippen molar-refractivity contribution in [2.45, 2.75) is 12.6 Å². The lowest BCUT2D eigenvalue weighted by molar-refractivity contribution is -0.385. The van der Waals surface area contributed by atoms with Crippen molar-refractivity contribution in [3.63, 3.8) is 0 Å². The van der Waals surface area contributed by atoms with Crippen LogP contribution in [0.5, 0.6) is 5.75 Å². The van der Waals surface area contributed by atoms with Gasteiger partial charge in [0.15, 0.2) is 12.4 Å². The molecule has 0 aromatic heterocycles. The second-order valence-corrected chi connectivity index (χ2v) is 6.26. The van der Waals surface area contributed by atoms with Crippen LogP contribution >= 0.6 is 0 Å². The van der Waals surface area contributed by atoms with E-state index in [0.717, 1.165) is 0 Å². The Kier molecular flexibility index (Phi) is 8.00. The summed E-state index contributed by atoms with van der Waals surface area (Å²) in [6.45, 7) is 1.19. The molecule has 0 N–H and O–H groups in total. The van der Waals surface area contributed by atoms with Gasteiger partial charge >= 0.3 is 11.9 Å². The molecule has 0 atom stereocenters. The minimum atomic E-state index is -4.31. The lowest BCUT2D eigenvalue weighted by Gasteiger charge is -2.34. The molecule has 1 aromatic carbocycles. The van der Waals surface area contributed by atoms with Gasteiger partial charge in [-0.3, -0.25) is 19.8 Å². The first kappa shape index (κ1) is 21.9. The van der Waals surface area contributed by atoms with Crippen LogP contribution in [0.15, 0.2) is 24.3 Å². The normalized spacial score (nSPS) is 15.5. The number of halogens is 3. The van der Waals surface area contributed by atoms with Gasteiger partial charge in [-0.05, 0) is 12.5 Å². The molecule has 0 saturated carbocycles. The smallest absolute Gasteiger partial charge is 0.411 e. The number of para-hydroxylation sites is 2. The van der Waals surface area contributed by atoms with E-state index < -0.39 is 17.7 Å². The Bertz CT molecular complexity index is 664. The zero-order valence-electron chi connectivity index (χ0n) is 15.2. The third-order valence-electron chi connectivity index (χ3n) is 4.17. The molecule has 0 bridgehead atoms. The van der Waals surface area contributed by atoms with Gasteiger partial charge in [-0.1, -0.05) is 12.1 Å². The molecule has 156 valence electrons.